The summed E-state index contributed by atoms with van der Waals surface area (Å²) in [6.07, 6.45) is 8.72. The molecule has 2 atom stereocenters. The second kappa shape index (κ2) is 15.0. The summed E-state index contributed by atoms with van der Waals surface area (Å²) in [5, 5.41) is 1.04. The average Bonchev–Trinajstić information content (AvgIpc) is 3.97. The number of benzene rings is 9. The lowest BCUT2D eigenvalue weighted by molar-refractivity contribution is 0.151. The van der Waals surface area contributed by atoms with Crippen molar-refractivity contribution in [2.24, 2.45) is 0 Å². The molecular formula is C62H42N2O2. The van der Waals surface area contributed by atoms with Gasteiger partial charge in [0.1, 0.15) is 11.3 Å². The van der Waals surface area contributed by atoms with Gasteiger partial charge < -0.3 is 19.0 Å². The van der Waals surface area contributed by atoms with Crippen LogP contribution in [0.1, 0.15) is 27.8 Å². The van der Waals surface area contributed by atoms with E-state index in [-0.39, 0.29) is 0 Å². The molecule has 0 spiro atoms. The summed E-state index contributed by atoms with van der Waals surface area (Å²) in [5.41, 5.74) is 15.9. The molecule has 0 fully saturated rings. The Labute approximate surface area is 384 Å². The fourth-order valence-corrected chi connectivity index (χ4v) is 10.8. The number of para-hydroxylation sites is 2. The molecule has 1 aromatic heterocycles. The highest BCUT2D eigenvalue weighted by molar-refractivity contribution is 5.96. The first kappa shape index (κ1) is 37.9. The fraction of sp³-hybridized carbons (Fsp3) is 0.0323. The van der Waals surface area contributed by atoms with Gasteiger partial charge in [0, 0.05) is 51.0 Å². The van der Waals surface area contributed by atoms with E-state index in [0.717, 1.165) is 67.5 Å². The molecule has 13 rings (SSSR count). The summed E-state index contributed by atoms with van der Waals surface area (Å²) >= 11 is 0. The molecule has 2 aliphatic carbocycles. The average molecular weight is 847 g/mol. The fourth-order valence-electron chi connectivity index (χ4n) is 10.8. The smallest absolute Gasteiger partial charge is 0.166 e. The van der Waals surface area contributed by atoms with Crippen molar-refractivity contribution in [1.82, 2.24) is 0 Å². The van der Waals surface area contributed by atoms with E-state index < -0.39 is 11.0 Å². The van der Waals surface area contributed by atoms with Gasteiger partial charge in [-0.15, -0.1) is 0 Å². The minimum absolute atomic E-state index is 0.785. The standard InChI is InChI=1S/C62H42N2O2/c1-5-15-43(16-6-1)45-25-30-51(31-26-45)63(49-19-9-3-10-20-49)53-34-29-47-35-37-61-42-58(64(50-21-11-4-12-22-50)52-32-27-46(28-33-52)44-17-7-2-8-18-44)54-23-13-14-24-55(54)62(61,56(47)40-53)57-39-48-36-38-65-59(48)41-60(57)66-61/h1-42H. The molecule has 0 amide bonds. The molecule has 0 saturated carbocycles. The first-order chi connectivity index (χ1) is 32.7. The molecule has 312 valence electrons. The molecule has 0 bridgehead atoms. The SMILES string of the molecule is C1=CC23C=C(N(c4ccccc4)c4ccc(-c5ccccc5)cc4)c4ccccc4C2(c2cc(N(c4ccccc4)c4ccc(-c5ccccc5)cc4)ccc21)c1cc2ccoc2cc1O3. The van der Waals surface area contributed by atoms with E-state index >= 15 is 0 Å². The molecule has 2 unspecified atom stereocenters. The van der Waals surface area contributed by atoms with E-state index in [1.54, 1.807) is 6.26 Å². The van der Waals surface area contributed by atoms with Gasteiger partial charge in [0.25, 0.3) is 0 Å². The topological polar surface area (TPSA) is 28.9 Å². The van der Waals surface area contributed by atoms with Crippen LogP contribution in [0, 0.1) is 0 Å². The maximum atomic E-state index is 7.57. The zero-order valence-electron chi connectivity index (χ0n) is 36.0. The van der Waals surface area contributed by atoms with E-state index in [0.29, 0.717) is 0 Å². The van der Waals surface area contributed by atoms with Gasteiger partial charge in [0.05, 0.1) is 17.4 Å². The van der Waals surface area contributed by atoms with Crippen molar-refractivity contribution in [1.29, 1.82) is 0 Å². The molecule has 10 aromatic rings. The van der Waals surface area contributed by atoms with Gasteiger partial charge in [-0.25, -0.2) is 0 Å². The first-order valence-electron chi connectivity index (χ1n) is 22.6. The van der Waals surface area contributed by atoms with Gasteiger partial charge in [-0.1, -0.05) is 158 Å². The zero-order valence-corrected chi connectivity index (χ0v) is 36.0. The molecule has 0 N–H and O–H groups in total. The molecule has 4 heteroatoms. The molecule has 0 saturated heterocycles. The van der Waals surface area contributed by atoms with Crippen molar-refractivity contribution in [3.63, 3.8) is 0 Å². The molecule has 2 heterocycles. The molecular weight excluding hydrogens is 805 g/mol. The number of fused-ring (bicyclic) bond motifs is 4. The number of hydrogen-bond acceptors (Lipinski definition) is 4. The molecule has 1 aliphatic heterocycles. The lowest BCUT2D eigenvalue weighted by Crippen LogP contribution is -2.54. The highest BCUT2D eigenvalue weighted by Crippen LogP contribution is 2.65. The third kappa shape index (κ3) is 5.78. The lowest BCUT2D eigenvalue weighted by atomic mass is 9.54. The van der Waals surface area contributed by atoms with Crippen LogP contribution in [0.15, 0.2) is 253 Å². The Morgan fingerprint density at radius 1 is 0.394 bits per heavy atom. The van der Waals surface area contributed by atoms with Crippen molar-refractivity contribution < 1.29 is 9.15 Å². The molecule has 9 aromatic carbocycles. The van der Waals surface area contributed by atoms with E-state index in [1.807, 2.05) is 0 Å². The van der Waals surface area contributed by atoms with E-state index in [1.165, 1.54) is 33.4 Å². The highest BCUT2D eigenvalue weighted by Gasteiger charge is 2.65. The summed E-state index contributed by atoms with van der Waals surface area (Å²) in [7, 11) is 0. The summed E-state index contributed by atoms with van der Waals surface area (Å²) in [6, 6.07) is 82.7. The van der Waals surface area contributed by atoms with Crippen LogP contribution in [0.3, 0.4) is 0 Å². The predicted octanol–water partition coefficient (Wildman–Crippen LogP) is 15.9. The number of ether oxygens (including phenoxy) is 1. The predicted molar refractivity (Wildman–Crippen MR) is 270 cm³/mol. The van der Waals surface area contributed by atoms with Gasteiger partial charge >= 0.3 is 0 Å². The zero-order chi connectivity index (χ0) is 43.7. The Hall–Kier alpha value is -8.60. The van der Waals surface area contributed by atoms with E-state index in [4.69, 9.17) is 9.15 Å². The number of hydrogen-bond donors (Lipinski definition) is 0. The van der Waals surface area contributed by atoms with Gasteiger partial charge in [-0.05, 0) is 124 Å². The van der Waals surface area contributed by atoms with Crippen molar-refractivity contribution in [3.05, 3.63) is 277 Å². The maximum absolute atomic E-state index is 7.57. The van der Waals surface area contributed by atoms with Crippen molar-refractivity contribution in [3.8, 4) is 28.0 Å². The largest absolute Gasteiger partial charge is 0.477 e. The first-order valence-corrected chi connectivity index (χ1v) is 22.6. The maximum Gasteiger partial charge on any atom is 0.166 e. The minimum atomic E-state index is -0.963. The summed E-state index contributed by atoms with van der Waals surface area (Å²) in [6.45, 7) is 0. The summed E-state index contributed by atoms with van der Waals surface area (Å²) < 4.78 is 13.6. The summed E-state index contributed by atoms with van der Waals surface area (Å²) in [5.74, 6) is 0.808. The lowest BCUT2D eigenvalue weighted by Gasteiger charge is -2.50. The number of anilines is 5. The summed E-state index contributed by atoms with van der Waals surface area (Å²) in [4.78, 5) is 4.76. The third-order valence-corrected chi connectivity index (χ3v) is 13.7. The van der Waals surface area contributed by atoms with E-state index in [9.17, 15) is 0 Å². The number of nitrogens with zero attached hydrogens (tertiary/aromatic N) is 2. The van der Waals surface area contributed by atoms with Crippen LogP contribution in [0.5, 0.6) is 5.75 Å². The van der Waals surface area contributed by atoms with Gasteiger partial charge in [0.2, 0.25) is 0 Å². The van der Waals surface area contributed by atoms with E-state index in [2.05, 4.69) is 259 Å². The van der Waals surface area contributed by atoms with Gasteiger partial charge in [-0.2, -0.15) is 0 Å². The minimum Gasteiger partial charge on any atom is -0.477 e. The number of rotatable bonds is 8. The second-order valence-electron chi connectivity index (χ2n) is 17.3. The van der Waals surface area contributed by atoms with Crippen molar-refractivity contribution in [2.45, 2.75) is 11.0 Å². The molecule has 4 nitrogen and oxygen atoms in total. The van der Waals surface area contributed by atoms with Crippen LogP contribution >= 0.6 is 0 Å². The molecule has 3 aliphatic rings. The Balaban J connectivity index is 1.04. The van der Waals surface area contributed by atoms with Gasteiger partial charge in [0.15, 0.2) is 5.60 Å². The van der Waals surface area contributed by atoms with Crippen LogP contribution in [-0.2, 0) is 5.41 Å². The Bertz CT molecular complexity index is 3490. The monoisotopic (exact) mass is 846 g/mol. The van der Waals surface area contributed by atoms with Crippen LogP contribution in [-0.4, -0.2) is 5.60 Å². The van der Waals surface area contributed by atoms with Crippen LogP contribution in [0.2, 0.25) is 0 Å². The van der Waals surface area contributed by atoms with Crippen LogP contribution in [0.4, 0.5) is 28.4 Å². The van der Waals surface area contributed by atoms with Crippen LogP contribution in [0.25, 0.3) is 45.0 Å². The number of furan rings is 1. The Kier molecular flexibility index (Phi) is 8.62. The molecule has 66 heavy (non-hydrogen) atoms. The van der Waals surface area contributed by atoms with Crippen molar-refractivity contribution in [2.75, 3.05) is 9.80 Å². The van der Waals surface area contributed by atoms with Crippen LogP contribution < -0.4 is 14.5 Å². The quantitative estimate of drug-likeness (QED) is 0.152. The van der Waals surface area contributed by atoms with Crippen molar-refractivity contribution >= 4 is 51.2 Å². The molecule has 0 radical (unpaired) electrons. The third-order valence-electron chi connectivity index (χ3n) is 13.7. The normalized spacial score (nSPS) is 17.4. The highest BCUT2D eigenvalue weighted by atomic mass is 16.5. The van der Waals surface area contributed by atoms with Gasteiger partial charge in [-0.3, -0.25) is 0 Å². The Morgan fingerprint density at radius 2 is 0.924 bits per heavy atom. The Morgan fingerprint density at radius 3 is 1.58 bits per heavy atom. The second-order valence-corrected chi connectivity index (χ2v) is 17.3.